The lowest BCUT2D eigenvalue weighted by molar-refractivity contribution is 0.419. The van der Waals surface area contributed by atoms with Crippen molar-refractivity contribution in [2.75, 3.05) is 0 Å². The third-order valence-electron chi connectivity index (χ3n) is 5.00. The Morgan fingerprint density at radius 3 is 2.17 bits per heavy atom. The summed E-state index contributed by atoms with van der Waals surface area (Å²) in [7, 11) is 0. The summed E-state index contributed by atoms with van der Waals surface area (Å²) >= 11 is 0. The minimum atomic E-state index is 0.253. The van der Waals surface area contributed by atoms with Gasteiger partial charge < -0.3 is 5.73 Å². The van der Waals surface area contributed by atoms with Crippen molar-refractivity contribution in [1.82, 2.24) is 0 Å². The molecular formula is C17H25N. The summed E-state index contributed by atoms with van der Waals surface area (Å²) in [5.41, 5.74) is 9.21. The van der Waals surface area contributed by atoms with Crippen LogP contribution in [0, 0.1) is 5.92 Å². The van der Waals surface area contributed by atoms with E-state index in [1.807, 2.05) is 0 Å². The van der Waals surface area contributed by atoms with Gasteiger partial charge in [-0.25, -0.2) is 0 Å². The first-order chi connectivity index (χ1) is 8.83. The highest BCUT2D eigenvalue weighted by Gasteiger charge is 2.21. The zero-order valence-corrected chi connectivity index (χ0v) is 11.3. The molecule has 0 spiro atoms. The first kappa shape index (κ1) is 12.2. The molecule has 2 aliphatic carbocycles. The predicted octanol–water partition coefficient (Wildman–Crippen LogP) is 4.53. The molecule has 2 saturated carbocycles. The summed E-state index contributed by atoms with van der Waals surface area (Å²) in [6.45, 7) is 0. The Balaban J connectivity index is 1.60. The molecule has 1 nitrogen and oxygen atoms in total. The van der Waals surface area contributed by atoms with Gasteiger partial charge in [-0.15, -0.1) is 0 Å². The van der Waals surface area contributed by atoms with Crippen LogP contribution in [0.3, 0.4) is 0 Å². The molecular weight excluding hydrogens is 218 g/mol. The van der Waals surface area contributed by atoms with E-state index >= 15 is 0 Å². The molecule has 1 unspecified atom stereocenters. The van der Waals surface area contributed by atoms with Gasteiger partial charge in [0.15, 0.2) is 0 Å². The normalized spacial score (nSPS) is 22.9. The van der Waals surface area contributed by atoms with Gasteiger partial charge in [0.2, 0.25) is 0 Å². The Labute approximate surface area is 111 Å². The molecule has 2 fully saturated rings. The van der Waals surface area contributed by atoms with Crippen molar-refractivity contribution in [2.45, 2.75) is 63.3 Å². The molecule has 2 aliphatic rings. The Morgan fingerprint density at radius 1 is 0.944 bits per heavy atom. The van der Waals surface area contributed by atoms with Gasteiger partial charge in [0.05, 0.1) is 0 Å². The van der Waals surface area contributed by atoms with Crippen LogP contribution >= 0.6 is 0 Å². The molecule has 1 aromatic carbocycles. The van der Waals surface area contributed by atoms with E-state index in [0.29, 0.717) is 0 Å². The summed E-state index contributed by atoms with van der Waals surface area (Å²) in [5.74, 6) is 1.72. The minimum Gasteiger partial charge on any atom is -0.324 e. The highest BCUT2D eigenvalue weighted by Crippen LogP contribution is 2.37. The van der Waals surface area contributed by atoms with Gasteiger partial charge in [-0.1, -0.05) is 56.4 Å². The van der Waals surface area contributed by atoms with Gasteiger partial charge >= 0.3 is 0 Å². The van der Waals surface area contributed by atoms with E-state index in [-0.39, 0.29) is 6.04 Å². The first-order valence-electron chi connectivity index (χ1n) is 7.68. The van der Waals surface area contributed by atoms with Crippen LogP contribution in [-0.4, -0.2) is 0 Å². The number of rotatable bonds is 4. The number of hydrogen-bond donors (Lipinski definition) is 1. The van der Waals surface area contributed by atoms with Gasteiger partial charge in [-0.05, 0) is 42.2 Å². The van der Waals surface area contributed by atoms with Crippen LogP contribution in [0.2, 0.25) is 0 Å². The summed E-state index contributed by atoms with van der Waals surface area (Å²) in [6, 6.07) is 9.42. The molecule has 0 aromatic heterocycles. The van der Waals surface area contributed by atoms with E-state index < -0.39 is 0 Å². The van der Waals surface area contributed by atoms with Crippen molar-refractivity contribution in [3.8, 4) is 0 Å². The second-order valence-corrected chi connectivity index (χ2v) is 6.29. The van der Waals surface area contributed by atoms with Gasteiger partial charge in [0.25, 0.3) is 0 Å². The van der Waals surface area contributed by atoms with Gasteiger partial charge in [-0.3, -0.25) is 0 Å². The van der Waals surface area contributed by atoms with Crippen molar-refractivity contribution in [1.29, 1.82) is 0 Å². The van der Waals surface area contributed by atoms with Crippen molar-refractivity contribution >= 4 is 0 Å². The summed E-state index contributed by atoms with van der Waals surface area (Å²) in [5, 5.41) is 0. The second kappa shape index (κ2) is 5.44. The molecule has 2 N–H and O–H groups in total. The van der Waals surface area contributed by atoms with E-state index in [2.05, 4.69) is 24.3 Å². The molecule has 18 heavy (non-hydrogen) atoms. The maximum atomic E-state index is 6.35. The van der Waals surface area contributed by atoms with E-state index in [1.165, 1.54) is 62.5 Å². The SMILES string of the molecule is NC(CC1CCCC1)c1ccc(C2CCC2)cc1. The topological polar surface area (TPSA) is 26.0 Å². The van der Waals surface area contributed by atoms with Crippen LogP contribution in [0.15, 0.2) is 24.3 Å². The fourth-order valence-electron chi connectivity index (χ4n) is 3.50. The quantitative estimate of drug-likeness (QED) is 0.825. The molecule has 0 saturated heterocycles. The first-order valence-corrected chi connectivity index (χ1v) is 7.68. The summed E-state index contributed by atoms with van der Waals surface area (Å²) in [4.78, 5) is 0. The Hall–Kier alpha value is -0.820. The maximum Gasteiger partial charge on any atom is 0.0297 e. The highest BCUT2D eigenvalue weighted by atomic mass is 14.6. The lowest BCUT2D eigenvalue weighted by Gasteiger charge is -2.26. The number of nitrogens with two attached hydrogens (primary N) is 1. The van der Waals surface area contributed by atoms with Crippen molar-refractivity contribution in [3.05, 3.63) is 35.4 Å². The standard InChI is InChI=1S/C17H25N/c18-17(12-13-4-1-2-5-13)16-10-8-15(9-11-16)14-6-3-7-14/h8-11,13-14,17H,1-7,12,18H2. The zero-order valence-electron chi connectivity index (χ0n) is 11.3. The minimum absolute atomic E-state index is 0.253. The number of benzene rings is 1. The van der Waals surface area contributed by atoms with Crippen LogP contribution in [-0.2, 0) is 0 Å². The molecule has 1 heteroatoms. The molecule has 98 valence electrons. The zero-order chi connectivity index (χ0) is 12.4. The van der Waals surface area contributed by atoms with E-state index in [0.717, 1.165) is 11.8 Å². The fraction of sp³-hybridized carbons (Fsp3) is 0.647. The molecule has 0 aliphatic heterocycles. The van der Waals surface area contributed by atoms with Crippen LogP contribution in [0.1, 0.15) is 74.5 Å². The monoisotopic (exact) mass is 243 g/mol. The van der Waals surface area contributed by atoms with E-state index in [4.69, 9.17) is 5.73 Å². The maximum absolute atomic E-state index is 6.35. The predicted molar refractivity (Wildman–Crippen MR) is 76.5 cm³/mol. The average molecular weight is 243 g/mol. The lowest BCUT2D eigenvalue weighted by atomic mass is 9.79. The van der Waals surface area contributed by atoms with Crippen LogP contribution < -0.4 is 5.73 Å². The van der Waals surface area contributed by atoms with E-state index in [9.17, 15) is 0 Å². The van der Waals surface area contributed by atoms with E-state index in [1.54, 1.807) is 0 Å². The summed E-state index contributed by atoms with van der Waals surface area (Å²) < 4.78 is 0. The van der Waals surface area contributed by atoms with Gasteiger partial charge in [0.1, 0.15) is 0 Å². The fourth-order valence-corrected chi connectivity index (χ4v) is 3.50. The lowest BCUT2D eigenvalue weighted by Crippen LogP contribution is -2.14. The molecule has 3 rings (SSSR count). The molecule has 1 atom stereocenters. The summed E-state index contributed by atoms with van der Waals surface area (Å²) in [6.07, 6.45) is 11.0. The van der Waals surface area contributed by atoms with Crippen molar-refractivity contribution < 1.29 is 0 Å². The third-order valence-corrected chi connectivity index (χ3v) is 5.00. The van der Waals surface area contributed by atoms with Crippen LogP contribution in [0.25, 0.3) is 0 Å². The number of hydrogen-bond acceptors (Lipinski definition) is 1. The Kier molecular flexibility index (Phi) is 3.69. The van der Waals surface area contributed by atoms with Crippen LogP contribution in [0.5, 0.6) is 0 Å². The van der Waals surface area contributed by atoms with Crippen molar-refractivity contribution in [3.63, 3.8) is 0 Å². The Morgan fingerprint density at radius 2 is 1.61 bits per heavy atom. The molecule has 0 heterocycles. The third kappa shape index (κ3) is 2.61. The largest absolute Gasteiger partial charge is 0.324 e. The molecule has 0 bridgehead atoms. The van der Waals surface area contributed by atoms with Gasteiger partial charge in [-0.2, -0.15) is 0 Å². The molecule has 0 radical (unpaired) electrons. The molecule has 1 aromatic rings. The second-order valence-electron chi connectivity index (χ2n) is 6.29. The van der Waals surface area contributed by atoms with Gasteiger partial charge in [0, 0.05) is 6.04 Å². The highest BCUT2D eigenvalue weighted by molar-refractivity contribution is 5.28. The smallest absolute Gasteiger partial charge is 0.0297 e. The Bertz CT molecular complexity index is 371. The average Bonchev–Trinajstić information content (AvgIpc) is 2.80. The van der Waals surface area contributed by atoms with Crippen molar-refractivity contribution in [2.24, 2.45) is 11.7 Å². The van der Waals surface area contributed by atoms with Crippen LogP contribution in [0.4, 0.5) is 0 Å². The molecule has 0 amide bonds.